The molecule has 0 radical (unpaired) electrons. The molecule has 372 valence electrons. The van der Waals surface area contributed by atoms with Gasteiger partial charge in [0.15, 0.2) is 0 Å². The van der Waals surface area contributed by atoms with Gasteiger partial charge >= 0.3 is 5.97 Å². The van der Waals surface area contributed by atoms with Crippen LogP contribution in [-0.4, -0.2) is 116 Å². The topological polar surface area (TPSA) is 158 Å². The number of esters is 1. The highest BCUT2D eigenvalue weighted by Gasteiger charge is 2.40. The number of aromatic nitrogens is 3. The van der Waals surface area contributed by atoms with E-state index in [0.29, 0.717) is 92.1 Å². The van der Waals surface area contributed by atoms with Crippen LogP contribution >= 0.6 is 11.6 Å². The van der Waals surface area contributed by atoms with E-state index >= 15 is 0 Å². The molecule has 2 aromatic heterocycles. The van der Waals surface area contributed by atoms with Crippen molar-refractivity contribution in [1.82, 2.24) is 34.4 Å². The fraction of sp³-hybridized carbons (Fsp3) is 0.407. The standard InChI is InChI=1S/C54H59ClFN7O8/c1-32-47(33(2)59(6)58-32)48-41(55)18-17-38-37(12-9-28-69-43-13-7-10-34-30-35(56)15-16-36(34)43)50(53(68)71-54(3,4)5)62(49(38)48)27-24-60-22-25-61(26-23-60)46(65)21-29-70-44-14-8-11-39-40(44)31-63(52(39)67)42-19-20-45(64)57-51(42)66/h7-8,10-11,13-18,30,42H,9,12,19-29,31H2,1-6H3,(H,57,64,66). The van der Waals surface area contributed by atoms with Gasteiger partial charge in [-0.15, -0.1) is 0 Å². The molecule has 2 fully saturated rings. The number of rotatable bonds is 15. The zero-order chi connectivity index (χ0) is 50.3. The molecule has 0 saturated carbocycles. The highest BCUT2D eigenvalue weighted by Crippen LogP contribution is 2.43. The Kier molecular flexibility index (Phi) is 14.0. The molecule has 17 heteroatoms. The number of aryl methyl sites for hydroxylation is 3. The molecular weight excluding hydrogens is 929 g/mol. The van der Waals surface area contributed by atoms with Crippen molar-refractivity contribution in [2.75, 3.05) is 45.9 Å². The van der Waals surface area contributed by atoms with Crippen molar-refractivity contribution in [3.63, 3.8) is 0 Å². The molecule has 6 aromatic rings. The smallest absolute Gasteiger partial charge is 0.355 e. The summed E-state index contributed by atoms with van der Waals surface area (Å²) in [7, 11) is 1.90. The first-order valence-electron chi connectivity index (χ1n) is 24.3. The third-order valence-corrected chi connectivity index (χ3v) is 14.1. The van der Waals surface area contributed by atoms with Crippen molar-refractivity contribution in [3.8, 4) is 22.6 Å². The van der Waals surface area contributed by atoms with Gasteiger partial charge in [0.25, 0.3) is 5.91 Å². The predicted molar refractivity (Wildman–Crippen MR) is 267 cm³/mol. The van der Waals surface area contributed by atoms with Gasteiger partial charge in [-0.1, -0.05) is 35.9 Å². The zero-order valence-corrected chi connectivity index (χ0v) is 41.8. The van der Waals surface area contributed by atoms with Crippen molar-refractivity contribution >= 4 is 62.9 Å². The number of imide groups is 1. The number of amides is 4. The number of hydrogen-bond donors (Lipinski definition) is 1. The summed E-state index contributed by atoms with van der Waals surface area (Å²) in [5, 5.41) is 10.0. The number of nitrogens with zero attached hydrogens (tertiary/aromatic N) is 6. The van der Waals surface area contributed by atoms with Crippen molar-refractivity contribution in [2.24, 2.45) is 7.05 Å². The number of halogens is 2. The fourth-order valence-corrected chi connectivity index (χ4v) is 10.5. The van der Waals surface area contributed by atoms with Crippen LogP contribution in [0.1, 0.15) is 89.8 Å². The maximum atomic E-state index is 14.6. The molecule has 0 spiro atoms. The molecule has 5 heterocycles. The van der Waals surface area contributed by atoms with Gasteiger partial charge in [-0.2, -0.15) is 5.10 Å². The third-order valence-electron chi connectivity index (χ3n) is 13.7. The number of piperidine rings is 1. The number of hydrogen-bond acceptors (Lipinski definition) is 10. The van der Waals surface area contributed by atoms with E-state index in [1.165, 1.54) is 17.0 Å². The Morgan fingerprint density at radius 1 is 0.887 bits per heavy atom. The Labute approximate surface area is 416 Å². The van der Waals surface area contributed by atoms with E-state index in [9.17, 15) is 28.4 Å². The Hall–Kier alpha value is -6.78. The van der Waals surface area contributed by atoms with E-state index in [4.69, 9.17) is 30.9 Å². The van der Waals surface area contributed by atoms with Gasteiger partial charge in [0.05, 0.1) is 42.4 Å². The van der Waals surface area contributed by atoms with Crippen LogP contribution < -0.4 is 14.8 Å². The van der Waals surface area contributed by atoms with Crippen molar-refractivity contribution in [1.29, 1.82) is 0 Å². The molecule has 0 aliphatic carbocycles. The van der Waals surface area contributed by atoms with Gasteiger partial charge in [-0.25, -0.2) is 9.18 Å². The van der Waals surface area contributed by atoms with Crippen LogP contribution in [0.2, 0.25) is 5.02 Å². The second-order valence-electron chi connectivity index (χ2n) is 19.5. The van der Waals surface area contributed by atoms with Crippen LogP contribution in [0.4, 0.5) is 4.39 Å². The van der Waals surface area contributed by atoms with Crippen LogP contribution in [0.15, 0.2) is 66.7 Å². The number of nitrogens with one attached hydrogen (secondary N) is 1. The minimum Gasteiger partial charge on any atom is -0.493 e. The van der Waals surface area contributed by atoms with E-state index in [2.05, 4.69) is 14.8 Å². The first-order valence-corrected chi connectivity index (χ1v) is 24.6. The molecule has 1 unspecified atom stereocenters. The monoisotopic (exact) mass is 987 g/mol. The molecule has 2 saturated heterocycles. The second kappa shape index (κ2) is 20.1. The highest BCUT2D eigenvalue weighted by atomic mass is 35.5. The lowest BCUT2D eigenvalue weighted by Gasteiger charge is -2.35. The van der Waals surface area contributed by atoms with Crippen LogP contribution in [0.3, 0.4) is 0 Å². The number of piperazine rings is 1. The molecular formula is C54H59ClFN7O8. The summed E-state index contributed by atoms with van der Waals surface area (Å²) in [6, 6.07) is 18.5. The average Bonchev–Trinajstić information content (AvgIpc) is 3.92. The summed E-state index contributed by atoms with van der Waals surface area (Å²) in [4.78, 5) is 71.4. The Morgan fingerprint density at radius 2 is 1.62 bits per heavy atom. The first-order chi connectivity index (χ1) is 34.0. The van der Waals surface area contributed by atoms with Gasteiger partial charge in [-0.3, -0.25) is 34.1 Å². The van der Waals surface area contributed by atoms with Crippen LogP contribution in [0, 0.1) is 19.7 Å². The van der Waals surface area contributed by atoms with Crippen LogP contribution in [0.5, 0.6) is 11.5 Å². The third kappa shape index (κ3) is 10.1. The van der Waals surface area contributed by atoms with Gasteiger partial charge in [0.2, 0.25) is 17.7 Å². The molecule has 9 rings (SSSR count). The zero-order valence-electron chi connectivity index (χ0n) is 41.0. The molecule has 3 aliphatic rings. The quantitative estimate of drug-likeness (QED) is 0.0609. The molecule has 4 aromatic carbocycles. The van der Waals surface area contributed by atoms with Crippen molar-refractivity contribution in [3.05, 3.63) is 111 Å². The number of carbonyl (C=O) groups excluding carboxylic acids is 5. The number of benzene rings is 4. The Morgan fingerprint density at radius 3 is 2.35 bits per heavy atom. The maximum Gasteiger partial charge on any atom is 0.355 e. The predicted octanol–water partition coefficient (Wildman–Crippen LogP) is 7.95. The second-order valence-corrected chi connectivity index (χ2v) is 20.0. The van der Waals surface area contributed by atoms with Crippen LogP contribution in [-0.2, 0) is 45.7 Å². The molecule has 71 heavy (non-hydrogen) atoms. The summed E-state index contributed by atoms with van der Waals surface area (Å²) < 4.78 is 36.6. The summed E-state index contributed by atoms with van der Waals surface area (Å²) in [6.07, 6.45) is 1.61. The summed E-state index contributed by atoms with van der Waals surface area (Å²) in [5.41, 5.74) is 5.84. The number of ether oxygens (including phenoxy) is 3. The summed E-state index contributed by atoms with van der Waals surface area (Å²) in [6.45, 7) is 13.4. The molecule has 4 amide bonds. The van der Waals surface area contributed by atoms with Crippen molar-refractivity contribution in [2.45, 2.75) is 91.5 Å². The molecule has 1 atom stereocenters. The van der Waals surface area contributed by atoms with E-state index < -0.39 is 23.5 Å². The Bertz CT molecular complexity index is 3090. The Balaban J connectivity index is 0.911. The number of carbonyl (C=O) groups is 5. The van der Waals surface area contributed by atoms with E-state index in [0.717, 1.165) is 49.8 Å². The molecule has 1 N–H and O–H groups in total. The van der Waals surface area contributed by atoms with Gasteiger partial charge in [0.1, 0.15) is 34.7 Å². The highest BCUT2D eigenvalue weighted by molar-refractivity contribution is 6.35. The minimum atomic E-state index is -0.781. The lowest BCUT2D eigenvalue weighted by molar-refractivity contribution is -0.137. The van der Waals surface area contributed by atoms with Gasteiger partial charge in [-0.05, 0) is 107 Å². The van der Waals surface area contributed by atoms with Gasteiger partial charge in [0, 0.05) is 91.5 Å². The van der Waals surface area contributed by atoms with Crippen LogP contribution in [0.25, 0.3) is 32.8 Å². The van der Waals surface area contributed by atoms with E-state index in [1.54, 1.807) is 24.3 Å². The first kappa shape index (κ1) is 49.2. The molecule has 3 aliphatic heterocycles. The lowest BCUT2D eigenvalue weighted by atomic mass is 9.98. The minimum absolute atomic E-state index is 0.0495. The largest absolute Gasteiger partial charge is 0.493 e. The maximum absolute atomic E-state index is 14.6. The number of fused-ring (bicyclic) bond motifs is 3. The van der Waals surface area contributed by atoms with E-state index in [1.807, 2.05) is 81.6 Å². The summed E-state index contributed by atoms with van der Waals surface area (Å²) in [5.74, 6) is -0.786. The van der Waals surface area contributed by atoms with E-state index in [-0.39, 0.29) is 56.0 Å². The fourth-order valence-electron chi connectivity index (χ4n) is 10.2. The van der Waals surface area contributed by atoms with Crippen molar-refractivity contribution < 1.29 is 42.6 Å². The molecule has 15 nitrogen and oxygen atoms in total. The SMILES string of the molecule is Cc1nn(C)c(C)c1-c1c(Cl)ccc2c(CCCOc3cccc4cc(F)ccc34)c(C(=O)OC(C)(C)C)n(CCN3CCN(C(=O)CCOc4cccc5c4CN(C4CCC(=O)NC4=O)C5=O)CC3)c12. The lowest BCUT2D eigenvalue weighted by Crippen LogP contribution is -2.52. The average molecular weight is 989 g/mol. The molecule has 0 bridgehead atoms. The van der Waals surface area contributed by atoms with Gasteiger partial charge < -0.3 is 28.6 Å². The summed E-state index contributed by atoms with van der Waals surface area (Å²) >= 11 is 7.20. The normalized spacial score (nSPS) is 16.5.